The Bertz CT molecular complexity index is 576. The van der Waals surface area contributed by atoms with E-state index in [1.54, 1.807) is 6.07 Å². The van der Waals surface area contributed by atoms with E-state index >= 15 is 0 Å². The first kappa shape index (κ1) is 12.8. The zero-order valence-electron chi connectivity index (χ0n) is 11.3. The number of benzene rings is 1. The molecule has 1 aromatic carbocycles. The highest BCUT2D eigenvalue weighted by atomic mass is 19.1. The summed E-state index contributed by atoms with van der Waals surface area (Å²) in [6, 6.07) is 5.34. The first-order chi connectivity index (χ1) is 8.54. The predicted molar refractivity (Wildman–Crippen MR) is 74.7 cm³/mol. The lowest BCUT2D eigenvalue weighted by atomic mass is 9.99. The summed E-state index contributed by atoms with van der Waals surface area (Å²) >= 11 is 0. The summed E-state index contributed by atoms with van der Waals surface area (Å²) in [7, 11) is 0. The van der Waals surface area contributed by atoms with Gasteiger partial charge in [0.15, 0.2) is 0 Å². The number of nitrogens with one attached hydrogen (secondary N) is 1. The Morgan fingerprint density at radius 2 is 2.06 bits per heavy atom. The predicted octanol–water partition coefficient (Wildman–Crippen LogP) is 4.24. The molecule has 96 valence electrons. The second kappa shape index (κ2) is 4.92. The molecule has 0 atom stereocenters. The van der Waals surface area contributed by atoms with E-state index in [-0.39, 0.29) is 5.82 Å². The van der Waals surface area contributed by atoms with Crippen LogP contribution in [0.4, 0.5) is 10.2 Å². The van der Waals surface area contributed by atoms with Crippen LogP contribution in [-0.2, 0) is 0 Å². The Morgan fingerprint density at radius 3 is 2.67 bits per heavy atom. The molecule has 0 aliphatic rings. The first-order valence-electron chi connectivity index (χ1n) is 6.38. The van der Waals surface area contributed by atoms with E-state index in [2.05, 4.69) is 30.2 Å². The summed E-state index contributed by atoms with van der Waals surface area (Å²) in [5.41, 5.74) is 2.65. The average molecular weight is 246 g/mol. The molecule has 0 spiro atoms. The molecule has 0 saturated carbocycles. The summed E-state index contributed by atoms with van der Waals surface area (Å²) in [5, 5.41) is 4.12. The Labute approximate surface area is 107 Å². The average Bonchev–Trinajstić information content (AvgIpc) is 2.34. The summed E-state index contributed by atoms with van der Waals surface area (Å²) < 4.78 is 13.8. The van der Waals surface area contributed by atoms with Gasteiger partial charge in [-0.15, -0.1) is 0 Å². The molecule has 3 heteroatoms. The van der Waals surface area contributed by atoms with Crippen LogP contribution < -0.4 is 5.32 Å². The van der Waals surface area contributed by atoms with E-state index in [0.29, 0.717) is 11.4 Å². The number of halogens is 1. The highest BCUT2D eigenvalue weighted by Gasteiger charge is 2.13. The number of hydrogen-bond acceptors (Lipinski definition) is 2. The van der Waals surface area contributed by atoms with E-state index in [0.717, 1.165) is 28.9 Å². The number of pyridine rings is 1. The molecule has 0 unspecified atom stereocenters. The Morgan fingerprint density at radius 1 is 1.33 bits per heavy atom. The van der Waals surface area contributed by atoms with Crippen LogP contribution in [0, 0.1) is 12.7 Å². The van der Waals surface area contributed by atoms with E-state index in [1.165, 1.54) is 6.07 Å². The summed E-state index contributed by atoms with van der Waals surface area (Å²) in [6.45, 7) is 9.03. The molecule has 0 bridgehead atoms. The summed E-state index contributed by atoms with van der Waals surface area (Å²) in [6.07, 6.45) is 0. The number of anilines is 1. The van der Waals surface area contributed by atoms with E-state index in [1.807, 2.05) is 13.8 Å². The van der Waals surface area contributed by atoms with Crippen molar-refractivity contribution in [2.45, 2.75) is 33.6 Å². The van der Waals surface area contributed by atoms with Gasteiger partial charge < -0.3 is 5.32 Å². The third-order valence-corrected chi connectivity index (χ3v) is 3.15. The van der Waals surface area contributed by atoms with Crippen LogP contribution in [0.25, 0.3) is 10.9 Å². The second-order valence-electron chi connectivity index (χ2n) is 4.87. The number of rotatable bonds is 3. The molecule has 0 aliphatic carbocycles. The highest BCUT2D eigenvalue weighted by Crippen LogP contribution is 2.29. The fraction of sp³-hybridized carbons (Fsp3) is 0.400. The van der Waals surface area contributed by atoms with Crippen LogP contribution in [0.3, 0.4) is 0 Å². The second-order valence-corrected chi connectivity index (χ2v) is 4.87. The lowest BCUT2D eigenvalue weighted by Gasteiger charge is -2.15. The van der Waals surface area contributed by atoms with E-state index in [4.69, 9.17) is 0 Å². The Hall–Kier alpha value is -1.64. The number of aromatic nitrogens is 1. The quantitative estimate of drug-likeness (QED) is 0.876. The van der Waals surface area contributed by atoms with Crippen molar-refractivity contribution in [3.63, 3.8) is 0 Å². The van der Waals surface area contributed by atoms with Crippen LogP contribution >= 0.6 is 0 Å². The number of nitrogens with zero attached hydrogens (tertiary/aromatic N) is 1. The third kappa shape index (κ3) is 2.17. The molecule has 18 heavy (non-hydrogen) atoms. The lowest BCUT2D eigenvalue weighted by Crippen LogP contribution is -2.06. The van der Waals surface area contributed by atoms with Crippen LogP contribution in [-0.4, -0.2) is 11.5 Å². The van der Waals surface area contributed by atoms with E-state index in [9.17, 15) is 4.39 Å². The van der Waals surface area contributed by atoms with Crippen molar-refractivity contribution in [1.29, 1.82) is 0 Å². The molecular formula is C15H19FN2. The molecule has 1 N–H and O–H groups in total. The number of aryl methyl sites for hydroxylation is 1. The Balaban J connectivity index is 2.75. The van der Waals surface area contributed by atoms with Crippen molar-refractivity contribution in [2.24, 2.45) is 0 Å². The van der Waals surface area contributed by atoms with Gasteiger partial charge in [-0.1, -0.05) is 19.9 Å². The molecule has 0 saturated heterocycles. The molecule has 0 amide bonds. The van der Waals surface area contributed by atoms with Gasteiger partial charge in [0, 0.05) is 11.9 Å². The van der Waals surface area contributed by atoms with Crippen molar-refractivity contribution in [1.82, 2.24) is 4.98 Å². The zero-order chi connectivity index (χ0) is 13.3. The normalized spacial score (nSPS) is 11.2. The number of fused-ring (bicyclic) bond motifs is 1. The van der Waals surface area contributed by atoms with Gasteiger partial charge in [0.1, 0.15) is 17.2 Å². The standard InChI is InChI=1S/C15H19FN2/c1-5-17-15-11(9(2)3)8-12-10(4)6-7-13(16)14(12)18-15/h6-9H,5H2,1-4H3,(H,17,18). The SMILES string of the molecule is CCNc1nc2c(F)ccc(C)c2cc1C(C)C. The van der Waals surface area contributed by atoms with Crippen molar-refractivity contribution in [3.8, 4) is 0 Å². The molecule has 2 nitrogen and oxygen atoms in total. The monoisotopic (exact) mass is 246 g/mol. The maximum Gasteiger partial charge on any atom is 0.149 e. The van der Waals surface area contributed by atoms with Crippen LogP contribution in [0.2, 0.25) is 0 Å². The lowest BCUT2D eigenvalue weighted by molar-refractivity contribution is 0.636. The molecule has 1 aromatic heterocycles. The van der Waals surface area contributed by atoms with Gasteiger partial charge in [0.25, 0.3) is 0 Å². The molecule has 2 rings (SSSR count). The maximum atomic E-state index is 13.8. The minimum Gasteiger partial charge on any atom is -0.370 e. The van der Waals surface area contributed by atoms with Gasteiger partial charge in [-0.25, -0.2) is 9.37 Å². The van der Waals surface area contributed by atoms with Gasteiger partial charge in [0.05, 0.1) is 0 Å². The summed E-state index contributed by atoms with van der Waals surface area (Å²) in [5.74, 6) is 0.896. The van der Waals surface area contributed by atoms with Gasteiger partial charge >= 0.3 is 0 Å². The maximum absolute atomic E-state index is 13.8. The van der Waals surface area contributed by atoms with Crippen LogP contribution in [0.1, 0.15) is 37.8 Å². The van der Waals surface area contributed by atoms with Gasteiger partial charge in [-0.05, 0) is 43.0 Å². The van der Waals surface area contributed by atoms with Crippen molar-refractivity contribution >= 4 is 16.7 Å². The smallest absolute Gasteiger partial charge is 0.149 e. The highest BCUT2D eigenvalue weighted by molar-refractivity contribution is 5.85. The van der Waals surface area contributed by atoms with Crippen molar-refractivity contribution < 1.29 is 4.39 Å². The van der Waals surface area contributed by atoms with Gasteiger partial charge in [-0.3, -0.25) is 0 Å². The molecular weight excluding hydrogens is 227 g/mol. The molecule has 0 radical (unpaired) electrons. The minimum absolute atomic E-state index is 0.259. The fourth-order valence-electron chi connectivity index (χ4n) is 2.13. The fourth-order valence-corrected chi connectivity index (χ4v) is 2.13. The Kier molecular flexibility index (Phi) is 3.50. The molecule has 1 heterocycles. The first-order valence-corrected chi connectivity index (χ1v) is 6.38. The summed E-state index contributed by atoms with van der Waals surface area (Å²) in [4.78, 5) is 4.46. The molecule has 0 fully saturated rings. The zero-order valence-corrected chi connectivity index (χ0v) is 11.3. The minimum atomic E-state index is -0.259. The third-order valence-electron chi connectivity index (χ3n) is 3.15. The largest absolute Gasteiger partial charge is 0.370 e. The molecule has 2 aromatic rings. The number of hydrogen-bond donors (Lipinski definition) is 1. The van der Waals surface area contributed by atoms with Gasteiger partial charge in [-0.2, -0.15) is 0 Å². The van der Waals surface area contributed by atoms with Crippen molar-refractivity contribution in [2.75, 3.05) is 11.9 Å². The van der Waals surface area contributed by atoms with Crippen LogP contribution in [0.15, 0.2) is 18.2 Å². The van der Waals surface area contributed by atoms with Crippen molar-refractivity contribution in [3.05, 3.63) is 35.1 Å². The van der Waals surface area contributed by atoms with E-state index < -0.39 is 0 Å². The van der Waals surface area contributed by atoms with Gasteiger partial charge in [0.2, 0.25) is 0 Å². The van der Waals surface area contributed by atoms with Crippen LogP contribution in [0.5, 0.6) is 0 Å². The molecule has 0 aliphatic heterocycles. The topological polar surface area (TPSA) is 24.9 Å².